The maximum absolute atomic E-state index is 12.7. The molecule has 1 fully saturated rings. The van der Waals surface area contributed by atoms with Gasteiger partial charge in [-0.1, -0.05) is 46.3 Å². The molecule has 1 aliphatic rings. The second kappa shape index (κ2) is 8.44. The molecule has 3 aromatic rings. The lowest BCUT2D eigenvalue weighted by atomic mass is 10.1. The van der Waals surface area contributed by atoms with Crippen molar-refractivity contribution >= 4 is 38.6 Å². The molecule has 158 valence electrons. The van der Waals surface area contributed by atoms with E-state index in [1.807, 2.05) is 26.8 Å². The van der Waals surface area contributed by atoms with Crippen molar-refractivity contribution in [2.24, 2.45) is 0 Å². The molecule has 2 aromatic carbocycles. The Hall–Kier alpha value is -2.31. The van der Waals surface area contributed by atoms with E-state index in [1.165, 1.54) is 5.56 Å². The SMILES string of the molecule is CC(C)(C)OC(=O)n1ccc2c(Br)cc(N3CCN(Cc4ccccc4)CC3)cc21. The lowest BCUT2D eigenvalue weighted by Crippen LogP contribution is -2.46. The van der Waals surface area contributed by atoms with Gasteiger partial charge in [0.15, 0.2) is 0 Å². The molecule has 0 N–H and O–H groups in total. The summed E-state index contributed by atoms with van der Waals surface area (Å²) < 4.78 is 8.16. The number of fused-ring (bicyclic) bond motifs is 1. The molecule has 0 aliphatic carbocycles. The van der Waals surface area contributed by atoms with E-state index in [-0.39, 0.29) is 6.09 Å². The minimum Gasteiger partial charge on any atom is -0.443 e. The molecule has 6 heteroatoms. The van der Waals surface area contributed by atoms with E-state index in [1.54, 1.807) is 10.8 Å². The number of carbonyl (C=O) groups is 1. The van der Waals surface area contributed by atoms with Crippen molar-refractivity contribution < 1.29 is 9.53 Å². The summed E-state index contributed by atoms with van der Waals surface area (Å²) in [7, 11) is 0. The van der Waals surface area contributed by atoms with Gasteiger partial charge in [-0.3, -0.25) is 9.47 Å². The van der Waals surface area contributed by atoms with Gasteiger partial charge in [0.1, 0.15) is 5.60 Å². The third-order valence-corrected chi connectivity index (χ3v) is 5.97. The van der Waals surface area contributed by atoms with Gasteiger partial charge in [0.2, 0.25) is 0 Å². The van der Waals surface area contributed by atoms with Crippen molar-refractivity contribution in [2.75, 3.05) is 31.1 Å². The van der Waals surface area contributed by atoms with E-state index >= 15 is 0 Å². The summed E-state index contributed by atoms with van der Waals surface area (Å²) >= 11 is 3.69. The van der Waals surface area contributed by atoms with Gasteiger partial charge in [0.25, 0.3) is 0 Å². The van der Waals surface area contributed by atoms with E-state index < -0.39 is 5.60 Å². The van der Waals surface area contributed by atoms with Crippen LogP contribution in [0.25, 0.3) is 10.9 Å². The second-order valence-electron chi connectivity index (χ2n) is 8.78. The predicted molar refractivity (Wildman–Crippen MR) is 125 cm³/mol. The molecule has 0 unspecified atom stereocenters. The first kappa shape index (κ1) is 20.9. The standard InChI is InChI=1S/C24H28BrN3O2/c1-24(2,3)30-23(29)28-10-9-20-21(25)15-19(16-22(20)28)27-13-11-26(12-14-27)17-18-7-5-4-6-8-18/h4-10,15-16H,11-14,17H2,1-3H3. The molecule has 1 aromatic heterocycles. The summed E-state index contributed by atoms with van der Waals surface area (Å²) in [5, 5.41) is 1.01. The van der Waals surface area contributed by atoms with E-state index in [4.69, 9.17) is 4.74 Å². The van der Waals surface area contributed by atoms with E-state index in [0.29, 0.717) is 0 Å². The molecule has 2 heterocycles. The fourth-order valence-electron chi connectivity index (χ4n) is 3.84. The maximum Gasteiger partial charge on any atom is 0.418 e. The summed E-state index contributed by atoms with van der Waals surface area (Å²) in [6.45, 7) is 10.6. The van der Waals surface area contributed by atoms with E-state index in [9.17, 15) is 4.79 Å². The fraction of sp³-hybridized carbons (Fsp3) is 0.375. The van der Waals surface area contributed by atoms with Crippen molar-refractivity contribution in [3.63, 3.8) is 0 Å². The molecule has 1 aliphatic heterocycles. The minimum absolute atomic E-state index is 0.353. The molecule has 0 spiro atoms. The third-order valence-electron chi connectivity index (χ3n) is 5.32. The molecule has 0 radical (unpaired) electrons. The highest BCUT2D eigenvalue weighted by Gasteiger charge is 2.22. The molecule has 0 atom stereocenters. The number of piperazine rings is 1. The molecule has 1 saturated heterocycles. The predicted octanol–water partition coefficient (Wildman–Crippen LogP) is 5.51. The topological polar surface area (TPSA) is 37.7 Å². The van der Waals surface area contributed by atoms with Gasteiger partial charge in [-0.15, -0.1) is 0 Å². The van der Waals surface area contributed by atoms with Crippen molar-refractivity contribution in [1.82, 2.24) is 9.47 Å². The van der Waals surface area contributed by atoms with Crippen LogP contribution < -0.4 is 4.90 Å². The lowest BCUT2D eigenvalue weighted by Gasteiger charge is -2.36. The zero-order valence-corrected chi connectivity index (χ0v) is 19.4. The van der Waals surface area contributed by atoms with Gasteiger partial charge < -0.3 is 9.64 Å². The van der Waals surface area contributed by atoms with Crippen LogP contribution in [-0.2, 0) is 11.3 Å². The summed E-state index contributed by atoms with van der Waals surface area (Å²) in [5.41, 5.74) is 2.81. The smallest absolute Gasteiger partial charge is 0.418 e. The number of anilines is 1. The molecular weight excluding hydrogens is 442 g/mol. The summed E-state index contributed by atoms with van der Waals surface area (Å²) in [4.78, 5) is 17.5. The van der Waals surface area contributed by atoms with Gasteiger partial charge in [-0.05, 0) is 44.5 Å². The summed E-state index contributed by atoms with van der Waals surface area (Å²) in [5.74, 6) is 0. The Labute approximate surface area is 186 Å². The number of nitrogens with zero attached hydrogens (tertiary/aromatic N) is 3. The maximum atomic E-state index is 12.7. The van der Waals surface area contributed by atoms with E-state index in [2.05, 4.69) is 68.2 Å². The number of carbonyl (C=O) groups excluding carboxylic acids is 1. The minimum atomic E-state index is -0.530. The van der Waals surface area contributed by atoms with Crippen molar-refractivity contribution in [2.45, 2.75) is 32.9 Å². The first-order valence-electron chi connectivity index (χ1n) is 10.4. The molecule has 0 amide bonds. The molecular formula is C24H28BrN3O2. The van der Waals surface area contributed by atoms with Crippen LogP contribution in [0.4, 0.5) is 10.5 Å². The van der Waals surface area contributed by atoms with Crippen LogP contribution in [0.5, 0.6) is 0 Å². The summed E-state index contributed by atoms with van der Waals surface area (Å²) in [6, 6.07) is 16.8. The zero-order chi connectivity index (χ0) is 21.3. The van der Waals surface area contributed by atoms with Crippen molar-refractivity contribution in [3.8, 4) is 0 Å². The van der Waals surface area contributed by atoms with Crippen LogP contribution in [0.3, 0.4) is 0 Å². The zero-order valence-electron chi connectivity index (χ0n) is 17.8. The normalized spacial score (nSPS) is 15.5. The Morgan fingerprint density at radius 2 is 1.73 bits per heavy atom. The van der Waals surface area contributed by atoms with Gasteiger partial charge in [0, 0.05) is 54.5 Å². The van der Waals surface area contributed by atoms with Gasteiger partial charge in [0.05, 0.1) is 5.52 Å². The summed E-state index contributed by atoms with van der Waals surface area (Å²) in [6.07, 6.45) is 1.43. The average molecular weight is 470 g/mol. The molecule has 5 nitrogen and oxygen atoms in total. The first-order valence-corrected chi connectivity index (χ1v) is 11.1. The lowest BCUT2D eigenvalue weighted by molar-refractivity contribution is 0.0544. The van der Waals surface area contributed by atoms with Crippen LogP contribution >= 0.6 is 15.9 Å². The number of hydrogen-bond acceptors (Lipinski definition) is 4. The van der Waals surface area contributed by atoms with Gasteiger partial charge in [-0.25, -0.2) is 4.79 Å². The van der Waals surface area contributed by atoms with Gasteiger partial charge >= 0.3 is 6.09 Å². The van der Waals surface area contributed by atoms with Crippen molar-refractivity contribution in [1.29, 1.82) is 0 Å². The number of ether oxygens (including phenoxy) is 1. The Kier molecular flexibility index (Phi) is 5.89. The highest BCUT2D eigenvalue weighted by molar-refractivity contribution is 9.10. The molecule has 4 rings (SSSR count). The number of benzene rings is 2. The molecule has 0 saturated carbocycles. The fourth-order valence-corrected chi connectivity index (χ4v) is 4.41. The van der Waals surface area contributed by atoms with Crippen LogP contribution in [0, 0.1) is 0 Å². The molecule has 30 heavy (non-hydrogen) atoms. The van der Waals surface area contributed by atoms with Crippen LogP contribution in [0.15, 0.2) is 59.2 Å². The Morgan fingerprint density at radius 3 is 2.40 bits per heavy atom. The largest absolute Gasteiger partial charge is 0.443 e. The highest BCUT2D eigenvalue weighted by atomic mass is 79.9. The average Bonchev–Trinajstić information content (AvgIpc) is 3.13. The third kappa shape index (κ3) is 4.71. The Morgan fingerprint density at radius 1 is 1.03 bits per heavy atom. The van der Waals surface area contributed by atoms with Gasteiger partial charge in [-0.2, -0.15) is 0 Å². The highest BCUT2D eigenvalue weighted by Crippen LogP contribution is 2.32. The molecule has 0 bridgehead atoms. The van der Waals surface area contributed by atoms with Crippen LogP contribution in [0.2, 0.25) is 0 Å². The quantitative estimate of drug-likeness (QED) is 0.506. The number of hydrogen-bond donors (Lipinski definition) is 0. The van der Waals surface area contributed by atoms with Crippen LogP contribution in [-0.4, -0.2) is 47.3 Å². The number of aromatic nitrogens is 1. The number of halogens is 1. The Balaban J connectivity index is 1.51. The van der Waals surface area contributed by atoms with E-state index in [0.717, 1.165) is 53.8 Å². The monoisotopic (exact) mass is 469 g/mol. The van der Waals surface area contributed by atoms with Crippen molar-refractivity contribution in [3.05, 3.63) is 64.8 Å². The second-order valence-corrected chi connectivity index (χ2v) is 9.63. The number of rotatable bonds is 3. The van der Waals surface area contributed by atoms with Crippen LogP contribution in [0.1, 0.15) is 26.3 Å². The Bertz CT molecular complexity index is 1030. The first-order chi connectivity index (χ1) is 14.3.